The lowest BCUT2D eigenvalue weighted by Crippen LogP contribution is -2.18. The van der Waals surface area contributed by atoms with Crippen molar-refractivity contribution in [2.24, 2.45) is 0 Å². The number of ether oxygens (including phenoxy) is 1. The van der Waals surface area contributed by atoms with Crippen molar-refractivity contribution in [2.75, 3.05) is 7.05 Å². The molecule has 0 aliphatic heterocycles. The Labute approximate surface area is 134 Å². The van der Waals surface area contributed by atoms with Gasteiger partial charge in [-0.05, 0) is 61.7 Å². The molecule has 1 atom stereocenters. The summed E-state index contributed by atoms with van der Waals surface area (Å²) in [4.78, 5) is 0. The largest absolute Gasteiger partial charge is 0.490 e. The summed E-state index contributed by atoms with van der Waals surface area (Å²) in [6.45, 7) is 0. The Hall–Kier alpha value is -1.32. The second-order valence-electron chi connectivity index (χ2n) is 5.56. The number of nitrogens with one attached hydrogen (secondary N) is 1. The smallest absolute Gasteiger partial charge is 0.120 e. The SMILES string of the molecule is CNC(Cc1ccc(Br)cc1)c1cccc(OC2CC2)c1. The van der Waals surface area contributed by atoms with Crippen LogP contribution in [0.15, 0.2) is 53.0 Å². The molecule has 1 aliphatic rings. The van der Waals surface area contributed by atoms with E-state index in [1.165, 1.54) is 24.0 Å². The third kappa shape index (κ3) is 4.08. The summed E-state index contributed by atoms with van der Waals surface area (Å²) >= 11 is 3.48. The van der Waals surface area contributed by atoms with Crippen LogP contribution in [0.3, 0.4) is 0 Å². The average molecular weight is 346 g/mol. The summed E-state index contributed by atoms with van der Waals surface area (Å²) in [7, 11) is 2.01. The van der Waals surface area contributed by atoms with Gasteiger partial charge in [-0.15, -0.1) is 0 Å². The van der Waals surface area contributed by atoms with Crippen molar-refractivity contribution in [1.82, 2.24) is 5.32 Å². The molecule has 21 heavy (non-hydrogen) atoms. The molecule has 3 heteroatoms. The predicted molar refractivity (Wildman–Crippen MR) is 89.7 cm³/mol. The van der Waals surface area contributed by atoms with Crippen LogP contribution in [0.2, 0.25) is 0 Å². The number of hydrogen-bond acceptors (Lipinski definition) is 2. The van der Waals surface area contributed by atoms with Gasteiger partial charge in [-0.2, -0.15) is 0 Å². The van der Waals surface area contributed by atoms with E-state index in [1.807, 2.05) is 13.1 Å². The van der Waals surface area contributed by atoms with Crippen LogP contribution in [0, 0.1) is 0 Å². The standard InChI is InChI=1S/C18H20BrNO/c1-20-18(11-13-5-7-15(19)8-6-13)14-3-2-4-17(12-14)21-16-9-10-16/h2-8,12,16,18,20H,9-11H2,1H3. The third-order valence-corrected chi connectivity index (χ3v) is 4.32. The fourth-order valence-corrected chi connectivity index (χ4v) is 2.69. The molecule has 0 aromatic heterocycles. The summed E-state index contributed by atoms with van der Waals surface area (Å²) in [5.41, 5.74) is 2.60. The maximum atomic E-state index is 5.89. The summed E-state index contributed by atoms with van der Waals surface area (Å²) in [6.07, 6.45) is 3.80. The van der Waals surface area contributed by atoms with Crippen molar-refractivity contribution >= 4 is 15.9 Å². The lowest BCUT2D eigenvalue weighted by Gasteiger charge is -2.18. The van der Waals surface area contributed by atoms with Gasteiger partial charge in [0, 0.05) is 10.5 Å². The fraction of sp³-hybridized carbons (Fsp3) is 0.333. The summed E-state index contributed by atoms with van der Waals surface area (Å²) in [5, 5.41) is 3.41. The molecule has 0 radical (unpaired) electrons. The molecule has 0 bridgehead atoms. The van der Waals surface area contributed by atoms with Crippen molar-refractivity contribution in [3.8, 4) is 5.75 Å². The highest BCUT2D eigenvalue weighted by Gasteiger charge is 2.23. The first-order valence-electron chi connectivity index (χ1n) is 7.43. The highest BCUT2D eigenvalue weighted by Crippen LogP contribution is 2.29. The quantitative estimate of drug-likeness (QED) is 0.832. The van der Waals surface area contributed by atoms with Crippen LogP contribution < -0.4 is 10.1 Å². The van der Waals surface area contributed by atoms with Gasteiger partial charge in [-0.1, -0.05) is 40.2 Å². The van der Waals surface area contributed by atoms with Crippen LogP contribution in [0.25, 0.3) is 0 Å². The number of likely N-dealkylation sites (N-methyl/N-ethyl adjacent to an activating group) is 1. The van der Waals surface area contributed by atoms with Gasteiger partial charge in [0.2, 0.25) is 0 Å². The highest BCUT2D eigenvalue weighted by molar-refractivity contribution is 9.10. The number of hydrogen-bond donors (Lipinski definition) is 1. The molecule has 2 aromatic rings. The lowest BCUT2D eigenvalue weighted by molar-refractivity contribution is 0.302. The van der Waals surface area contributed by atoms with E-state index in [0.717, 1.165) is 16.6 Å². The van der Waals surface area contributed by atoms with Crippen molar-refractivity contribution in [3.05, 3.63) is 64.1 Å². The molecule has 2 aromatic carbocycles. The first-order chi connectivity index (χ1) is 10.2. The van der Waals surface area contributed by atoms with Crippen LogP contribution in [0.1, 0.15) is 30.0 Å². The van der Waals surface area contributed by atoms with Crippen LogP contribution >= 0.6 is 15.9 Å². The molecule has 110 valence electrons. The van der Waals surface area contributed by atoms with E-state index in [0.29, 0.717) is 12.1 Å². The third-order valence-electron chi connectivity index (χ3n) is 3.79. The zero-order valence-corrected chi connectivity index (χ0v) is 13.8. The molecule has 1 aliphatic carbocycles. The van der Waals surface area contributed by atoms with Gasteiger partial charge in [-0.25, -0.2) is 0 Å². The van der Waals surface area contributed by atoms with Gasteiger partial charge in [0.05, 0.1) is 6.10 Å². The van der Waals surface area contributed by atoms with E-state index in [1.54, 1.807) is 0 Å². The van der Waals surface area contributed by atoms with E-state index in [2.05, 4.69) is 63.7 Å². The number of rotatable bonds is 6. The zero-order valence-electron chi connectivity index (χ0n) is 12.2. The second-order valence-corrected chi connectivity index (χ2v) is 6.48. The molecule has 1 saturated carbocycles. The maximum Gasteiger partial charge on any atom is 0.120 e. The van der Waals surface area contributed by atoms with Crippen molar-refractivity contribution < 1.29 is 4.74 Å². The Morgan fingerprint density at radius 2 is 1.95 bits per heavy atom. The van der Waals surface area contributed by atoms with E-state index in [-0.39, 0.29) is 0 Å². The Bertz CT molecular complexity index is 592. The minimum Gasteiger partial charge on any atom is -0.490 e. The molecular formula is C18H20BrNO. The minimum absolute atomic E-state index is 0.300. The van der Waals surface area contributed by atoms with E-state index in [9.17, 15) is 0 Å². The molecule has 0 saturated heterocycles. The van der Waals surface area contributed by atoms with Crippen LogP contribution in [-0.2, 0) is 6.42 Å². The lowest BCUT2D eigenvalue weighted by atomic mass is 9.99. The van der Waals surface area contributed by atoms with E-state index >= 15 is 0 Å². The van der Waals surface area contributed by atoms with Gasteiger partial charge in [0.25, 0.3) is 0 Å². The molecule has 0 amide bonds. The van der Waals surface area contributed by atoms with E-state index < -0.39 is 0 Å². The molecule has 3 rings (SSSR count). The number of benzene rings is 2. The average Bonchev–Trinajstić information content (AvgIpc) is 3.31. The van der Waals surface area contributed by atoms with Gasteiger partial charge in [0.15, 0.2) is 0 Å². The Balaban J connectivity index is 1.73. The maximum absolute atomic E-state index is 5.89. The molecule has 1 fully saturated rings. The predicted octanol–water partition coefficient (Wildman–Crippen LogP) is 4.49. The van der Waals surface area contributed by atoms with E-state index in [4.69, 9.17) is 4.74 Å². The van der Waals surface area contributed by atoms with Crippen molar-refractivity contribution in [2.45, 2.75) is 31.4 Å². The van der Waals surface area contributed by atoms with Crippen LogP contribution in [0.5, 0.6) is 5.75 Å². The minimum atomic E-state index is 0.300. The zero-order chi connectivity index (χ0) is 14.7. The van der Waals surface area contributed by atoms with Gasteiger partial charge >= 0.3 is 0 Å². The molecule has 1 N–H and O–H groups in total. The molecule has 0 spiro atoms. The Morgan fingerprint density at radius 1 is 1.19 bits per heavy atom. The summed E-state index contributed by atoms with van der Waals surface area (Å²) in [5.74, 6) is 0.992. The number of halogens is 1. The summed E-state index contributed by atoms with van der Waals surface area (Å²) < 4.78 is 7.01. The normalized spacial score (nSPS) is 15.7. The fourth-order valence-electron chi connectivity index (χ4n) is 2.43. The first-order valence-corrected chi connectivity index (χ1v) is 8.22. The first kappa shape index (κ1) is 14.6. The van der Waals surface area contributed by atoms with Crippen molar-refractivity contribution in [3.63, 3.8) is 0 Å². The second kappa shape index (κ2) is 6.63. The van der Waals surface area contributed by atoms with Gasteiger partial charge in [0.1, 0.15) is 5.75 Å². The highest BCUT2D eigenvalue weighted by atomic mass is 79.9. The molecule has 0 heterocycles. The summed E-state index contributed by atoms with van der Waals surface area (Å²) in [6, 6.07) is 17.3. The van der Waals surface area contributed by atoms with Crippen LogP contribution in [0.4, 0.5) is 0 Å². The topological polar surface area (TPSA) is 21.3 Å². The molecular weight excluding hydrogens is 326 g/mol. The van der Waals surface area contributed by atoms with Gasteiger partial charge in [-0.3, -0.25) is 0 Å². The Morgan fingerprint density at radius 3 is 2.62 bits per heavy atom. The van der Waals surface area contributed by atoms with Crippen molar-refractivity contribution in [1.29, 1.82) is 0 Å². The monoisotopic (exact) mass is 345 g/mol. The van der Waals surface area contributed by atoms with Crippen LogP contribution in [-0.4, -0.2) is 13.2 Å². The molecule has 1 unspecified atom stereocenters. The molecule has 2 nitrogen and oxygen atoms in total. The van der Waals surface area contributed by atoms with Gasteiger partial charge < -0.3 is 10.1 Å². The Kier molecular flexibility index (Phi) is 4.61.